The highest BCUT2D eigenvalue weighted by Crippen LogP contribution is 2.30. The topological polar surface area (TPSA) is 77.8 Å². The number of phenols is 2. The fraction of sp³-hybridized carbons (Fsp3) is 0.364. The van der Waals surface area contributed by atoms with E-state index in [1.54, 1.807) is 13.0 Å². The highest BCUT2D eigenvalue weighted by molar-refractivity contribution is 5.66. The first-order chi connectivity index (χ1) is 7.00. The average molecular weight is 210 g/mol. The van der Waals surface area contributed by atoms with Gasteiger partial charge in [-0.05, 0) is 37.0 Å². The molecule has 0 aliphatic carbocycles. The smallest absolute Gasteiger partial charge is 0.303 e. The van der Waals surface area contributed by atoms with Crippen molar-refractivity contribution in [3.8, 4) is 11.5 Å². The van der Waals surface area contributed by atoms with Gasteiger partial charge in [0.1, 0.15) is 0 Å². The summed E-state index contributed by atoms with van der Waals surface area (Å²) in [6.07, 6.45) is 1.22. The third kappa shape index (κ3) is 3.16. The number of carboxylic acid groups (broad SMARTS) is 1. The number of hydrogen-bond acceptors (Lipinski definition) is 3. The van der Waals surface area contributed by atoms with Gasteiger partial charge >= 0.3 is 5.97 Å². The number of benzene rings is 1. The van der Waals surface area contributed by atoms with Crippen molar-refractivity contribution in [2.45, 2.75) is 26.2 Å². The van der Waals surface area contributed by atoms with E-state index >= 15 is 0 Å². The SMILES string of the molecule is Cc1cc(CCCC(=O)O)cc(O)c1O. The van der Waals surface area contributed by atoms with Crippen LogP contribution >= 0.6 is 0 Å². The molecule has 15 heavy (non-hydrogen) atoms. The van der Waals surface area contributed by atoms with Crippen LogP contribution in [0.25, 0.3) is 0 Å². The van der Waals surface area contributed by atoms with E-state index in [0.29, 0.717) is 18.4 Å². The lowest BCUT2D eigenvalue weighted by molar-refractivity contribution is -0.137. The highest BCUT2D eigenvalue weighted by Gasteiger charge is 2.06. The zero-order valence-electron chi connectivity index (χ0n) is 8.53. The van der Waals surface area contributed by atoms with Gasteiger partial charge in [0.05, 0.1) is 0 Å². The predicted molar refractivity (Wildman–Crippen MR) is 55.1 cm³/mol. The van der Waals surface area contributed by atoms with Crippen molar-refractivity contribution in [2.24, 2.45) is 0 Å². The maximum atomic E-state index is 10.3. The first-order valence-electron chi connectivity index (χ1n) is 4.74. The molecule has 0 atom stereocenters. The van der Waals surface area contributed by atoms with Crippen molar-refractivity contribution >= 4 is 5.97 Å². The molecule has 0 fully saturated rings. The maximum absolute atomic E-state index is 10.3. The molecule has 1 aromatic rings. The summed E-state index contributed by atoms with van der Waals surface area (Å²) in [5, 5.41) is 27.1. The van der Waals surface area contributed by atoms with Crippen molar-refractivity contribution in [1.82, 2.24) is 0 Å². The molecule has 4 heteroatoms. The molecule has 82 valence electrons. The summed E-state index contributed by atoms with van der Waals surface area (Å²) in [5.74, 6) is -1.09. The summed E-state index contributed by atoms with van der Waals surface area (Å²) in [5.41, 5.74) is 1.43. The van der Waals surface area contributed by atoms with Gasteiger partial charge in [0, 0.05) is 6.42 Å². The predicted octanol–water partition coefficient (Wildman–Crippen LogP) is 1.81. The van der Waals surface area contributed by atoms with Crippen molar-refractivity contribution in [3.63, 3.8) is 0 Å². The van der Waals surface area contributed by atoms with E-state index in [1.165, 1.54) is 6.07 Å². The molecule has 0 aromatic heterocycles. The van der Waals surface area contributed by atoms with E-state index in [-0.39, 0.29) is 17.9 Å². The average Bonchev–Trinajstić information content (AvgIpc) is 2.13. The van der Waals surface area contributed by atoms with Gasteiger partial charge in [0.2, 0.25) is 0 Å². The Morgan fingerprint density at radius 2 is 2.00 bits per heavy atom. The molecule has 0 aliphatic heterocycles. The van der Waals surface area contributed by atoms with Crippen LogP contribution in [0.15, 0.2) is 12.1 Å². The second-order valence-corrected chi connectivity index (χ2v) is 3.53. The molecule has 0 saturated carbocycles. The molecular formula is C11H14O4. The summed E-state index contributed by atoms with van der Waals surface area (Å²) in [4.78, 5) is 10.3. The molecule has 3 N–H and O–H groups in total. The lowest BCUT2D eigenvalue weighted by Crippen LogP contribution is -1.96. The summed E-state index contributed by atoms with van der Waals surface area (Å²) in [6.45, 7) is 1.69. The van der Waals surface area contributed by atoms with Gasteiger partial charge in [-0.3, -0.25) is 4.79 Å². The summed E-state index contributed by atoms with van der Waals surface area (Å²) in [6, 6.07) is 3.21. The Morgan fingerprint density at radius 1 is 1.33 bits per heavy atom. The fourth-order valence-electron chi connectivity index (χ4n) is 1.42. The molecule has 1 aromatic carbocycles. The first-order valence-corrected chi connectivity index (χ1v) is 4.74. The Labute approximate surface area is 87.8 Å². The summed E-state index contributed by atoms with van der Waals surface area (Å²) in [7, 11) is 0. The number of carbonyl (C=O) groups is 1. The van der Waals surface area contributed by atoms with Crippen molar-refractivity contribution in [2.75, 3.05) is 0 Å². The largest absolute Gasteiger partial charge is 0.504 e. The van der Waals surface area contributed by atoms with Crippen LogP contribution in [0.5, 0.6) is 11.5 Å². The van der Waals surface area contributed by atoms with Gasteiger partial charge in [-0.25, -0.2) is 0 Å². The van der Waals surface area contributed by atoms with Crippen LogP contribution in [-0.4, -0.2) is 21.3 Å². The van der Waals surface area contributed by atoms with Gasteiger partial charge < -0.3 is 15.3 Å². The lowest BCUT2D eigenvalue weighted by atomic mass is 10.0. The standard InChI is InChI=1S/C11H14O4/c1-7-5-8(3-2-4-10(13)14)6-9(12)11(7)15/h5-6,12,15H,2-4H2,1H3,(H,13,14). The third-order valence-electron chi connectivity index (χ3n) is 2.20. The monoisotopic (exact) mass is 210 g/mol. The minimum Gasteiger partial charge on any atom is -0.504 e. The lowest BCUT2D eigenvalue weighted by Gasteiger charge is -2.06. The highest BCUT2D eigenvalue weighted by atomic mass is 16.4. The zero-order chi connectivity index (χ0) is 11.4. The van der Waals surface area contributed by atoms with E-state index in [0.717, 1.165) is 5.56 Å². The Hall–Kier alpha value is -1.71. The number of carboxylic acids is 1. The van der Waals surface area contributed by atoms with E-state index in [2.05, 4.69) is 0 Å². The third-order valence-corrected chi connectivity index (χ3v) is 2.20. The molecular weight excluding hydrogens is 196 g/mol. The van der Waals surface area contributed by atoms with Crippen LogP contribution in [0, 0.1) is 6.92 Å². The van der Waals surface area contributed by atoms with Crippen molar-refractivity contribution < 1.29 is 20.1 Å². The van der Waals surface area contributed by atoms with Gasteiger partial charge in [-0.15, -0.1) is 0 Å². The molecule has 0 heterocycles. The molecule has 0 spiro atoms. The normalized spacial score (nSPS) is 10.2. The molecule has 0 saturated heterocycles. The molecule has 1 rings (SSSR count). The quantitative estimate of drug-likeness (QED) is 0.662. The van der Waals surface area contributed by atoms with Crippen LogP contribution < -0.4 is 0 Å². The Bertz CT molecular complexity index is 348. The van der Waals surface area contributed by atoms with Crippen molar-refractivity contribution in [3.05, 3.63) is 23.3 Å². The van der Waals surface area contributed by atoms with E-state index < -0.39 is 5.97 Å². The van der Waals surface area contributed by atoms with Crippen LogP contribution in [0.2, 0.25) is 0 Å². The molecule has 0 unspecified atom stereocenters. The Morgan fingerprint density at radius 3 is 2.53 bits per heavy atom. The molecule has 4 nitrogen and oxygen atoms in total. The van der Waals surface area contributed by atoms with E-state index in [4.69, 9.17) is 5.11 Å². The number of rotatable bonds is 4. The van der Waals surface area contributed by atoms with E-state index in [1.807, 2.05) is 0 Å². The summed E-state index contributed by atoms with van der Waals surface area (Å²) >= 11 is 0. The first kappa shape index (κ1) is 11.4. The fourth-order valence-corrected chi connectivity index (χ4v) is 1.42. The van der Waals surface area contributed by atoms with E-state index in [9.17, 15) is 15.0 Å². The molecule has 0 aliphatic rings. The minimum atomic E-state index is -0.824. The number of phenolic OH excluding ortho intramolecular Hbond substituents is 2. The maximum Gasteiger partial charge on any atom is 0.303 e. The van der Waals surface area contributed by atoms with Gasteiger partial charge in [-0.1, -0.05) is 6.07 Å². The Balaban J connectivity index is 2.66. The number of aliphatic carboxylic acids is 1. The second-order valence-electron chi connectivity index (χ2n) is 3.53. The van der Waals surface area contributed by atoms with Gasteiger partial charge in [0.25, 0.3) is 0 Å². The summed E-state index contributed by atoms with van der Waals surface area (Å²) < 4.78 is 0. The number of aromatic hydroxyl groups is 2. The van der Waals surface area contributed by atoms with Gasteiger partial charge in [-0.2, -0.15) is 0 Å². The Kier molecular flexibility index (Phi) is 3.55. The second kappa shape index (κ2) is 4.68. The van der Waals surface area contributed by atoms with Gasteiger partial charge in [0.15, 0.2) is 11.5 Å². The van der Waals surface area contributed by atoms with Crippen LogP contribution in [0.3, 0.4) is 0 Å². The molecule has 0 amide bonds. The number of aryl methyl sites for hydroxylation is 2. The van der Waals surface area contributed by atoms with Crippen LogP contribution in [-0.2, 0) is 11.2 Å². The van der Waals surface area contributed by atoms with Crippen LogP contribution in [0.1, 0.15) is 24.0 Å². The molecule has 0 bridgehead atoms. The number of hydrogen-bond donors (Lipinski definition) is 3. The minimum absolute atomic E-state index is 0.112. The van der Waals surface area contributed by atoms with Crippen molar-refractivity contribution in [1.29, 1.82) is 0 Å². The zero-order valence-corrected chi connectivity index (χ0v) is 8.53. The molecule has 0 radical (unpaired) electrons. The van der Waals surface area contributed by atoms with Crippen LogP contribution in [0.4, 0.5) is 0 Å².